The standard InChI is InChI=1S/C13H11N3O3/c17-12(15-10-5-2-1-3-6-10)13(18)16-14-9-11-7-4-8-19-11/h1-9H,(H,15,17)(H,16,18)/b14-9+. The van der Waals surface area contributed by atoms with Crippen LogP contribution in [-0.2, 0) is 9.59 Å². The monoisotopic (exact) mass is 257 g/mol. The molecule has 0 spiro atoms. The van der Waals surface area contributed by atoms with Gasteiger partial charge in [0, 0.05) is 5.69 Å². The van der Waals surface area contributed by atoms with Crippen LogP contribution in [0.4, 0.5) is 5.69 Å². The fourth-order valence-corrected chi connectivity index (χ4v) is 1.28. The summed E-state index contributed by atoms with van der Waals surface area (Å²) in [5.41, 5.74) is 2.64. The van der Waals surface area contributed by atoms with Crippen molar-refractivity contribution >= 4 is 23.7 Å². The molecule has 0 aliphatic rings. The van der Waals surface area contributed by atoms with Gasteiger partial charge in [0.2, 0.25) is 0 Å². The number of para-hydroxylation sites is 1. The Morgan fingerprint density at radius 2 is 1.84 bits per heavy atom. The first kappa shape index (κ1) is 12.6. The maximum atomic E-state index is 11.5. The highest BCUT2D eigenvalue weighted by atomic mass is 16.3. The predicted octanol–water partition coefficient (Wildman–Crippen LogP) is 1.37. The second kappa shape index (κ2) is 6.15. The number of rotatable bonds is 3. The Labute approximate surface area is 109 Å². The Morgan fingerprint density at radius 3 is 2.53 bits per heavy atom. The summed E-state index contributed by atoms with van der Waals surface area (Å²) >= 11 is 0. The fourth-order valence-electron chi connectivity index (χ4n) is 1.28. The molecule has 6 nitrogen and oxygen atoms in total. The molecule has 1 aromatic heterocycles. The smallest absolute Gasteiger partial charge is 0.329 e. The Bertz CT molecular complexity index is 576. The molecule has 1 heterocycles. The van der Waals surface area contributed by atoms with Crippen LogP contribution >= 0.6 is 0 Å². The number of benzene rings is 1. The molecule has 96 valence electrons. The quantitative estimate of drug-likeness (QED) is 0.495. The SMILES string of the molecule is O=C(N/N=C/c1ccco1)C(=O)Nc1ccccc1. The number of nitrogens with zero attached hydrogens (tertiary/aromatic N) is 1. The van der Waals surface area contributed by atoms with Crippen molar-refractivity contribution in [2.24, 2.45) is 5.10 Å². The summed E-state index contributed by atoms with van der Waals surface area (Å²) in [4.78, 5) is 22.9. The van der Waals surface area contributed by atoms with Crippen molar-refractivity contribution in [2.75, 3.05) is 5.32 Å². The second-order valence-corrected chi connectivity index (χ2v) is 3.53. The van der Waals surface area contributed by atoms with Crippen molar-refractivity contribution in [1.29, 1.82) is 0 Å². The zero-order valence-electron chi connectivity index (χ0n) is 9.87. The van der Waals surface area contributed by atoms with E-state index in [9.17, 15) is 9.59 Å². The van der Waals surface area contributed by atoms with Crippen molar-refractivity contribution in [3.8, 4) is 0 Å². The molecule has 2 amide bonds. The summed E-state index contributed by atoms with van der Waals surface area (Å²) in [5.74, 6) is -1.17. The van der Waals surface area contributed by atoms with Crippen molar-refractivity contribution < 1.29 is 14.0 Å². The predicted molar refractivity (Wildman–Crippen MR) is 69.5 cm³/mol. The van der Waals surface area contributed by atoms with E-state index in [1.165, 1.54) is 12.5 Å². The van der Waals surface area contributed by atoms with Gasteiger partial charge in [-0.3, -0.25) is 9.59 Å². The number of furan rings is 1. The third kappa shape index (κ3) is 3.81. The van der Waals surface area contributed by atoms with E-state index in [0.717, 1.165) is 0 Å². The average molecular weight is 257 g/mol. The number of nitrogens with one attached hydrogen (secondary N) is 2. The third-order valence-electron chi connectivity index (χ3n) is 2.14. The topological polar surface area (TPSA) is 83.7 Å². The summed E-state index contributed by atoms with van der Waals surface area (Å²) in [6.07, 6.45) is 2.78. The minimum absolute atomic E-state index is 0.476. The number of hydrogen-bond donors (Lipinski definition) is 2. The van der Waals surface area contributed by atoms with Crippen molar-refractivity contribution in [3.63, 3.8) is 0 Å². The van der Waals surface area contributed by atoms with Gasteiger partial charge >= 0.3 is 11.8 Å². The number of hydrogen-bond acceptors (Lipinski definition) is 4. The van der Waals surface area contributed by atoms with Gasteiger partial charge in [-0.25, -0.2) is 5.43 Å². The summed E-state index contributed by atoms with van der Waals surface area (Å²) in [5, 5.41) is 6.03. The molecule has 2 aromatic rings. The highest BCUT2D eigenvalue weighted by molar-refractivity contribution is 6.39. The van der Waals surface area contributed by atoms with Gasteiger partial charge in [0.1, 0.15) is 5.76 Å². The molecule has 0 saturated heterocycles. The lowest BCUT2D eigenvalue weighted by Gasteiger charge is -2.02. The molecule has 0 radical (unpaired) electrons. The van der Waals surface area contributed by atoms with Gasteiger partial charge in [0.05, 0.1) is 12.5 Å². The zero-order valence-corrected chi connectivity index (χ0v) is 9.87. The minimum atomic E-state index is -0.855. The molecule has 6 heteroatoms. The van der Waals surface area contributed by atoms with Crippen molar-refractivity contribution in [3.05, 3.63) is 54.5 Å². The van der Waals surface area contributed by atoms with E-state index in [-0.39, 0.29) is 0 Å². The minimum Gasteiger partial charge on any atom is -0.463 e. The Balaban J connectivity index is 1.85. The summed E-state index contributed by atoms with van der Waals surface area (Å²) in [6.45, 7) is 0. The Morgan fingerprint density at radius 1 is 1.05 bits per heavy atom. The van der Waals surface area contributed by atoms with E-state index in [4.69, 9.17) is 4.42 Å². The number of carbonyl (C=O) groups excluding carboxylic acids is 2. The highest BCUT2D eigenvalue weighted by Gasteiger charge is 2.12. The summed E-state index contributed by atoms with van der Waals surface area (Å²) < 4.78 is 4.97. The molecule has 0 atom stereocenters. The third-order valence-corrected chi connectivity index (χ3v) is 2.14. The van der Waals surface area contributed by atoms with Crippen LogP contribution < -0.4 is 10.7 Å². The maximum Gasteiger partial charge on any atom is 0.329 e. The first-order chi connectivity index (χ1) is 9.25. The van der Waals surface area contributed by atoms with Gasteiger partial charge in [0.25, 0.3) is 0 Å². The van der Waals surface area contributed by atoms with Gasteiger partial charge < -0.3 is 9.73 Å². The van der Waals surface area contributed by atoms with E-state index in [1.54, 1.807) is 36.4 Å². The van der Waals surface area contributed by atoms with Crippen LogP contribution in [0.15, 0.2) is 58.2 Å². The molecule has 2 N–H and O–H groups in total. The lowest BCUT2D eigenvalue weighted by molar-refractivity contribution is -0.136. The van der Waals surface area contributed by atoms with Gasteiger partial charge in [-0.15, -0.1) is 0 Å². The van der Waals surface area contributed by atoms with Crippen LogP contribution in [0.2, 0.25) is 0 Å². The molecule has 0 unspecified atom stereocenters. The van der Waals surface area contributed by atoms with Gasteiger partial charge in [-0.1, -0.05) is 18.2 Å². The largest absolute Gasteiger partial charge is 0.463 e. The van der Waals surface area contributed by atoms with E-state index in [0.29, 0.717) is 11.4 Å². The van der Waals surface area contributed by atoms with E-state index >= 15 is 0 Å². The first-order valence-electron chi connectivity index (χ1n) is 5.48. The maximum absolute atomic E-state index is 11.5. The molecule has 19 heavy (non-hydrogen) atoms. The first-order valence-corrected chi connectivity index (χ1v) is 5.48. The van der Waals surface area contributed by atoms with Crippen LogP contribution in [0.1, 0.15) is 5.76 Å². The number of anilines is 1. The summed E-state index contributed by atoms with van der Waals surface area (Å²) in [7, 11) is 0. The fraction of sp³-hybridized carbons (Fsp3) is 0. The normalized spacial score (nSPS) is 10.3. The molecule has 0 aliphatic carbocycles. The van der Waals surface area contributed by atoms with E-state index in [2.05, 4.69) is 15.8 Å². The number of hydrazone groups is 1. The molecule has 1 aromatic carbocycles. The van der Waals surface area contributed by atoms with Gasteiger partial charge in [-0.2, -0.15) is 5.10 Å². The lowest BCUT2D eigenvalue weighted by atomic mass is 10.3. The van der Waals surface area contributed by atoms with E-state index in [1.807, 2.05) is 6.07 Å². The molecule has 0 saturated carbocycles. The molecule has 0 aliphatic heterocycles. The van der Waals surface area contributed by atoms with Crippen LogP contribution in [-0.4, -0.2) is 18.0 Å². The van der Waals surface area contributed by atoms with Crippen LogP contribution in [0.3, 0.4) is 0 Å². The molecular weight excluding hydrogens is 246 g/mol. The van der Waals surface area contributed by atoms with Crippen LogP contribution in [0, 0.1) is 0 Å². The van der Waals surface area contributed by atoms with E-state index < -0.39 is 11.8 Å². The summed E-state index contributed by atoms with van der Waals surface area (Å²) in [6, 6.07) is 12.0. The molecule has 2 rings (SSSR count). The van der Waals surface area contributed by atoms with Gasteiger partial charge in [-0.05, 0) is 24.3 Å². The van der Waals surface area contributed by atoms with Crippen LogP contribution in [0.5, 0.6) is 0 Å². The van der Waals surface area contributed by atoms with Crippen molar-refractivity contribution in [2.45, 2.75) is 0 Å². The average Bonchev–Trinajstić information content (AvgIpc) is 2.93. The highest BCUT2D eigenvalue weighted by Crippen LogP contribution is 2.04. The van der Waals surface area contributed by atoms with Gasteiger partial charge in [0.15, 0.2) is 0 Å². The Hall–Kier alpha value is -2.89. The number of carbonyl (C=O) groups is 2. The molecule has 0 fully saturated rings. The molecule has 0 bridgehead atoms. The van der Waals surface area contributed by atoms with Crippen LogP contribution in [0.25, 0.3) is 0 Å². The lowest BCUT2D eigenvalue weighted by Crippen LogP contribution is -2.32. The molecular formula is C13H11N3O3. The second-order valence-electron chi connectivity index (χ2n) is 3.53. The Kier molecular flexibility index (Phi) is 4.07. The number of amides is 2. The zero-order chi connectivity index (χ0) is 13.5. The van der Waals surface area contributed by atoms with Crippen molar-refractivity contribution in [1.82, 2.24) is 5.43 Å².